The fourth-order valence-corrected chi connectivity index (χ4v) is 3.73. The van der Waals surface area contributed by atoms with E-state index in [1.54, 1.807) is 6.07 Å². The molecule has 0 radical (unpaired) electrons. The third-order valence-electron chi connectivity index (χ3n) is 5.33. The van der Waals surface area contributed by atoms with E-state index < -0.39 is 0 Å². The van der Waals surface area contributed by atoms with Gasteiger partial charge < -0.3 is 5.73 Å². The van der Waals surface area contributed by atoms with Gasteiger partial charge in [-0.2, -0.15) is 5.10 Å². The lowest BCUT2D eigenvalue weighted by molar-refractivity contribution is 0.457. The molecule has 1 saturated carbocycles. The first-order chi connectivity index (χ1) is 9.68. The number of nitrogen functional groups attached to an aromatic ring is 1. The van der Waals surface area contributed by atoms with Gasteiger partial charge in [0.1, 0.15) is 5.82 Å². The number of nitrogens with zero attached hydrogens (tertiary/aromatic N) is 1. The van der Waals surface area contributed by atoms with Crippen molar-refractivity contribution in [3.63, 3.8) is 0 Å². The Morgan fingerprint density at radius 3 is 2.38 bits per heavy atom. The smallest absolute Gasteiger partial charge is 0.153 e. The first kappa shape index (κ1) is 14.4. The van der Waals surface area contributed by atoms with Crippen LogP contribution in [0.15, 0.2) is 18.2 Å². The quantitative estimate of drug-likeness (QED) is 0.852. The van der Waals surface area contributed by atoms with Gasteiger partial charge in [-0.15, -0.1) is 0 Å². The van der Waals surface area contributed by atoms with Crippen LogP contribution >= 0.6 is 11.6 Å². The number of nitrogens with two attached hydrogens (primary N) is 1. The molecule has 21 heavy (non-hydrogen) atoms. The van der Waals surface area contributed by atoms with Crippen LogP contribution in [0.5, 0.6) is 0 Å². The Bertz CT molecular complexity index is 704. The van der Waals surface area contributed by atoms with Crippen LogP contribution in [0.1, 0.15) is 39.3 Å². The molecule has 1 heterocycles. The van der Waals surface area contributed by atoms with Crippen molar-refractivity contribution >= 4 is 17.4 Å². The van der Waals surface area contributed by atoms with E-state index in [1.807, 2.05) is 0 Å². The van der Waals surface area contributed by atoms with Crippen LogP contribution in [0, 0.1) is 16.6 Å². The second kappa shape index (κ2) is 4.23. The molecule has 5 heteroatoms. The molecule has 0 atom stereocenters. The Labute approximate surface area is 128 Å². The summed E-state index contributed by atoms with van der Waals surface area (Å²) in [7, 11) is 0. The summed E-state index contributed by atoms with van der Waals surface area (Å²) >= 11 is 6.19. The van der Waals surface area contributed by atoms with Gasteiger partial charge in [-0.05, 0) is 29.0 Å². The fraction of sp³-hybridized carbons (Fsp3) is 0.438. The van der Waals surface area contributed by atoms with Gasteiger partial charge in [0.05, 0.1) is 5.02 Å². The van der Waals surface area contributed by atoms with Gasteiger partial charge >= 0.3 is 0 Å². The maximum absolute atomic E-state index is 13.3. The zero-order valence-electron chi connectivity index (χ0n) is 12.6. The number of hydrogen-bond acceptors (Lipinski definition) is 2. The molecular weight excluding hydrogens is 289 g/mol. The van der Waals surface area contributed by atoms with Gasteiger partial charge in [-0.1, -0.05) is 39.3 Å². The van der Waals surface area contributed by atoms with E-state index in [-0.39, 0.29) is 16.6 Å². The second-order valence-corrected chi connectivity index (χ2v) is 7.31. The van der Waals surface area contributed by atoms with Gasteiger partial charge in [0.25, 0.3) is 0 Å². The van der Waals surface area contributed by atoms with E-state index in [4.69, 9.17) is 17.3 Å². The Morgan fingerprint density at radius 2 is 1.86 bits per heavy atom. The van der Waals surface area contributed by atoms with E-state index in [1.165, 1.54) is 12.1 Å². The van der Waals surface area contributed by atoms with Crippen LogP contribution in [0.2, 0.25) is 5.02 Å². The molecule has 1 aliphatic carbocycles. The number of aromatic nitrogens is 2. The summed E-state index contributed by atoms with van der Waals surface area (Å²) in [5.41, 5.74) is 8.82. The van der Waals surface area contributed by atoms with Crippen molar-refractivity contribution in [3.8, 4) is 11.1 Å². The highest BCUT2D eigenvalue weighted by molar-refractivity contribution is 6.33. The Kier molecular flexibility index (Phi) is 2.90. The number of hydrogen-bond donors (Lipinski definition) is 2. The fourth-order valence-electron chi connectivity index (χ4n) is 3.47. The minimum Gasteiger partial charge on any atom is -0.382 e. The normalized spacial score (nSPS) is 19.7. The van der Waals surface area contributed by atoms with Crippen LogP contribution < -0.4 is 5.73 Å². The van der Waals surface area contributed by atoms with Crippen molar-refractivity contribution in [1.29, 1.82) is 0 Å². The first-order valence-corrected chi connectivity index (χ1v) is 7.35. The lowest BCUT2D eigenvalue weighted by Crippen LogP contribution is -1.95. The molecule has 0 amide bonds. The summed E-state index contributed by atoms with van der Waals surface area (Å²) in [4.78, 5) is 0. The number of H-pyrrole nitrogens is 1. The summed E-state index contributed by atoms with van der Waals surface area (Å²) in [5.74, 6) is 0.349. The van der Waals surface area contributed by atoms with Crippen molar-refractivity contribution < 1.29 is 4.39 Å². The summed E-state index contributed by atoms with van der Waals surface area (Å²) in [6.07, 6.45) is 0. The Hall–Kier alpha value is -1.55. The molecule has 2 aromatic rings. The average molecular weight is 308 g/mol. The number of rotatable bonds is 2. The molecule has 1 aliphatic rings. The van der Waals surface area contributed by atoms with Crippen molar-refractivity contribution in [3.05, 3.63) is 34.7 Å². The van der Waals surface area contributed by atoms with Gasteiger partial charge in [-0.25, -0.2) is 4.39 Å². The predicted octanol–water partition coefficient (Wildman–Crippen LogP) is 4.60. The maximum atomic E-state index is 13.3. The van der Waals surface area contributed by atoms with Crippen LogP contribution in [-0.2, 0) is 0 Å². The van der Waals surface area contributed by atoms with Crippen LogP contribution in [0.25, 0.3) is 11.1 Å². The highest BCUT2D eigenvalue weighted by Gasteiger charge is 2.66. The van der Waals surface area contributed by atoms with Crippen LogP contribution in [0.3, 0.4) is 0 Å². The molecule has 0 bridgehead atoms. The van der Waals surface area contributed by atoms with Crippen LogP contribution in [-0.4, -0.2) is 10.2 Å². The number of halogens is 2. The molecule has 1 aromatic heterocycles. The zero-order chi connectivity index (χ0) is 15.6. The minimum atomic E-state index is -0.362. The van der Waals surface area contributed by atoms with Crippen molar-refractivity contribution in [2.24, 2.45) is 10.8 Å². The topological polar surface area (TPSA) is 54.7 Å². The predicted molar refractivity (Wildman–Crippen MR) is 83.7 cm³/mol. The molecule has 1 aromatic carbocycles. The largest absolute Gasteiger partial charge is 0.382 e. The second-order valence-electron chi connectivity index (χ2n) is 6.90. The maximum Gasteiger partial charge on any atom is 0.153 e. The van der Waals surface area contributed by atoms with E-state index >= 15 is 0 Å². The molecule has 3 N–H and O–H groups in total. The molecule has 0 spiro atoms. The van der Waals surface area contributed by atoms with Gasteiger partial charge in [-0.3, -0.25) is 5.10 Å². The SMILES string of the molecule is CC1(C)C(c2[nH]nc(N)c2-c2ccc(F)cc2Cl)C1(C)C. The lowest BCUT2D eigenvalue weighted by Gasteiger charge is -2.08. The van der Waals surface area contributed by atoms with E-state index in [0.717, 1.165) is 16.8 Å². The molecule has 3 nitrogen and oxygen atoms in total. The summed E-state index contributed by atoms with van der Waals surface area (Å²) in [5, 5.41) is 7.56. The Morgan fingerprint density at radius 1 is 1.24 bits per heavy atom. The molecule has 3 rings (SSSR count). The standard InChI is InChI=1S/C16H19ClFN3/c1-15(2)13(16(15,3)4)12-11(14(19)21-20-12)9-6-5-8(18)7-10(9)17/h5-7,13H,1-4H3,(H3,19,20,21). The monoisotopic (exact) mass is 307 g/mol. The third kappa shape index (κ3) is 1.89. The van der Waals surface area contributed by atoms with E-state index in [2.05, 4.69) is 37.9 Å². The molecule has 0 saturated heterocycles. The van der Waals surface area contributed by atoms with Crippen molar-refractivity contribution in [2.45, 2.75) is 33.6 Å². The van der Waals surface area contributed by atoms with E-state index in [9.17, 15) is 4.39 Å². The lowest BCUT2D eigenvalue weighted by atomic mass is 9.99. The van der Waals surface area contributed by atoms with Gasteiger partial charge in [0, 0.05) is 22.7 Å². The number of anilines is 1. The number of benzene rings is 1. The Balaban J connectivity index is 2.15. The number of aromatic amines is 1. The van der Waals surface area contributed by atoms with E-state index in [0.29, 0.717) is 16.8 Å². The highest BCUT2D eigenvalue weighted by Crippen LogP contribution is 2.74. The van der Waals surface area contributed by atoms with Crippen molar-refractivity contribution in [2.75, 3.05) is 5.73 Å². The molecule has 1 fully saturated rings. The minimum absolute atomic E-state index is 0.146. The summed E-state index contributed by atoms with van der Waals surface area (Å²) in [6, 6.07) is 4.35. The first-order valence-electron chi connectivity index (χ1n) is 6.97. The third-order valence-corrected chi connectivity index (χ3v) is 5.64. The zero-order valence-corrected chi connectivity index (χ0v) is 13.3. The number of nitrogens with one attached hydrogen (secondary N) is 1. The van der Waals surface area contributed by atoms with Gasteiger partial charge in [0.15, 0.2) is 5.82 Å². The molecule has 0 aliphatic heterocycles. The average Bonchev–Trinajstić information content (AvgIpc) is 2.65. The molecule has 0 unspecified atom stereocenters. The summed E-state index contributed by atoms with van der Waals surface area (Å²) in [6.45, 7) is 8.91. The molecular formula is C16H19ClFN3. The van der Waals surface area contributed by atoms with Crippen LogP contribution in [0.4, 0.5) is 10.2 Å². The highest BCUT2D eigenvalue weighted by atomic mass is 35.5. The van der Waals surface area contributed by atoms with Gasteiger partial charge in [0.2, 0.25) is 0 Å². The summed E-state index contributed by atoms with van der Waals surface area (Å²) < 4.78 is 13.3. The van der Waals surface area contributed by atoms with Crippen molar-refractivity contribution in [1.82, 2.24) is 10.2 Å². The molecule has 112 valence electrons.